The number of benzene rings is 3. The van der Waals surface area contributed by atoms with Crippen LogP contribution >= 0.6 is 11.8 Å². The number of hydrogen-bond donors (Lipinski definition) is 2. The van der Waals surface area contributed by atoms with Crippen molar-refractivity contribution in [3.63, 3.8) is 0 Å². The second-order valence-corrected chi connectivity index (χ2v) is 8.48. The number of aromatic carboxylic acids is 1. The fourth-order valence-electron chi connectivity index (χ4n) is 3.40. The van der Waals surface area contributed by atoms with Crippen LogP contribution in [0.1, 0.15) is 15.9 Å². The molecule has 0 unspecified atom stereocenters. The minimum absolute atomic E-state index is 0.00875. The Morgan fingerprint density at radius 2 is 1.62 bits per heavy atom. The van der Waals surface area contributed by atoms with Crippen LogP contribution in [0.15, 0.2) is 83.1 Å². The van der Waals surface area contributed by atoms with Crippen LogP contribution in [0.4, 0.5) is 0 Å². The zero-order valence-electron chi connectivity index (χ0n) is 20.0. The molecule has 188 valence electrons. The molecule has 0 saturated carbocycles. The number of hydrogen-bond acceptors (Lipinski definition) is 8. The fourth-order valence-corrected chi connectivity index (χ4v) is 4.14. The van der Waals surface area contributed by atoms with Gasteiger partial charge in [-0.05, 0) is 54.6 Å². The van der Waals surface area contributed by atoms with Gasteiger partial charge in [-0.1, -0.05) is 30.0 Å². The minimum atomic E-state index is -1.07. The monoisotopic (exact) mass is 517 g/mol. The molecule has 0 saturated heterocycles. The average Bonchev–Trinajstić information content (AvgIpc) is 3.36. The van der Waals surface area contributed by atoms with E-state index in [-0.39, 0.29) is 17.2 Å². The maximum atomic E-state index is 12.5. The lowest BCUT2D eigenvalue weighted by Crippen LogP contribution is -2.20. The van der Waals surface area contributed by atoms with Crippen molar-refractivity contribution in [1.29, 1.82) is 0 Å². The van der Waals surface area contributed by atoms with Crippen molar-refractivity contribution in [2.24, 2.45) is 5.10 Å². The normalized spacial score (nSPS) is 10.9. The lowest BCUT2D eigenvalue weighted by molar-refractivity contribution is -0.118. The summed E-state index contributed by atoms with van der Waals surface area (Å²) in [6.07, 6.45) is 1.30. The molecule has 0 aliphatic carbocycles. The summed E-state index contributed by atoms with van der Waals surface area (Å²) in [4.78, 5) is 23.8. The second-order valence-electron chi connectivity index (χ2n) is 7.54. The molecule has 0 aliphatic heterocycles. The molecular formula is C26H23N5O5S. The number of carboxylic acid groups (broad SMARTS) is 1. The van der Waals surface area contributed by atoms with Gasteiger partial charge in [0.15, 0.2) is 11.0 Å². The van der Waals surface area contributed by atoms with E-state index in [1.165, 1.54) is 24.0 Å². The number of carbonyl (C=O) groups excluding carboxylic acids is 1. The van der Waals surface area contributed by atoms with E-state index in [1.807, 2.05) is 53.1 Å². The van der Waals surface area contributed by atoms with Crippen LogP contribution in [0.25, 0.3) is 17.1 Å². The van der Waals surface area contributed by atoms with Gasteiger partial charge in [0.05, 0.1) is 31.8 Å². The first-order valence-electron chi connectivity index (χ1n) is 11.0. The fraction of sp³-hybridized carbons (Fsp3) is 0.115. The van der Waals surface area contributed by atoms with Crippen molar-refractivity contribution in [3.8, 4) is 28.6 Å². The van der Waals surface area contributed by atoms with Gasteiger partial charge in [-0.3, -0.25) is 9.36 Å². The van der Waals surface area contributed by atoms with Crippen molar-refractivity contribution < 1.29 is 24.2 Å². The SMILES string of the molecule is COc1ccc(-c2nnc(SCC(=O)NN=Cc3ccccc3C(=O)O)n2-c2ccc(OC)cc2)cc1. The Kier molecular flexibility index (Phi) is 8.16. The molecule has 1 amide bonds. The van der Waals surface area contributed by atoms with Crippen LogP contribution in [0, 0.1) is 0 Å². The molecule has 0 bridgehead atoms. The molecular weight excluding hydrogens is 494 g/mol. The van der Waals surface area contributed by atoms with Gasteiger partial charge in [0.1, 0.15) is 11.5 Å². The maximum Gasteiger partial charge on any atom is 0.336 e. The number of methoxy groups -OCH3 is 2. The third kappa shape index (κ3) is 6.14. The summed E-state index contributed by atoms with van der Waals surface area (Å²) in [5.74, 6) is 0.572. The number of amides is 1. The second kappa shape index (κ2) is 11.9. The zero-order chi connectivity index (χ0) is 26.2. The molecule has 0 fully saturated rings. The van der Waals surface area contributed by atoms with Crippen LogP contribution in [-0.2, 0) is 4.79 Å². The zero-order valence-corrected chi connectivity index (χ0v) is 20.8. The van der Waals surface area contributed by atoms with Crippen LogP contribution < -0.4 is 14.9 Å². The summed E-state index contributed by atoms with van der Waals surface area (Å²) >= 11 is 1.19. The Morgan fingerprint density at radius 3 is 2.27 bits per heavy atom. The summed E-state index contributed by atoms with van der Waals surface area (Å²) in [5, 5.41) is 22.3. The topological polar surface area (TPSA) is 128 Å². The molecule has 0 atom stereocenters. The summed E-state index contributed by atoms with van der Waals surface area (Å²) in [5.41, 5.74) is 4.51. The van der Waals surface area contributed by atoms with E-state index in [2.05, 4.69) is 20.7 Å². The third-order valence-electron chi connectivity index (χ3n) is 5.23. The highest BCUT2D eigenvalue weighted by Crippen LogP contribution is 2.29. The molecule has 1 aromatic heterocycles. The van der Waals surface area contributed by atoms with E-state index in [9.17, 15) is 14.7 Å². The summed E-state index contributed by atoms with van der Waals surface area (Å²) in [6, 6.07) is 21.2. The van der Waals surface area contributed by atoms with Gasteiger partial charge in [-0.2, -0.15) is 5.10 Å². The number of rotatable bonds is 10. The largest absolute Gasteiger partial charge is 0.497 e. The maximum absolute atomic E-state index is 12.5. The molecule has 11 heteroatoms. The molecule has 2 N–H and O–H groups in total. The Balaban J connectivity index is 1.53. The molecule has 4 rings (SSSR count). The molecule has 3 aromatic carbocycles. The first kappa shape index (κ1) is 25.5. The van der Waals surface area contributed by atoms with E-state index in [4.69, 9.17) is 9.47 Å². The number of ether oxygens (including phenoxy) is 2. The number of carbonyl (C=O) groups is 2. The van der Waals surface area contributed by atoms with E-state index in [0.717, 1.165) is 17.0 Å². The Bertz CT molecular complexity index is 1420. The lowest BCUT2D eigenvalue weighted by atomic mass is 10.1. The molecule has 4 aromatic rings. The lowest BCUT2D eigenvalue weighted by Gasteiger charge is -2.11. The van der Waals surface area contributed by atoms with E-state index in [1.54, 1.807) is 32.4 Å². The predicted molar refractivity (Wildman–Crippen MR) is 140 cm³/mol. The number of carboxylic acids is 1. The Hall–Kier alpha value is -4.64. The van der Waals surface area contributed by atoms with Crippen molar-refractivity contribution in [3.05, 3.63) is 83.9 Å². The van der Waals surface area contributed by atoms with E-state index >= 15 is 0 Å². The van der Waals surface area contributed by atoms with E-state index < -0.39 is 5.97 Å². The van der Waals surface area contributed by atoms with Gasteiger partial charge in [0.25, 0.3) is 5.91 Å². The standard InChI is InChI=1S/C26H23N5O5S/c1-35-20-11-7-17(8-12-20)24-29-30-26(31(24)19-9-13-21(36-2)14-10-19)37-16-23(32)28-27-15-18-5-3-4-6-22(18)25(33)34/h3-15H,16H2,1-2H3,(H,28,32)(H,33,34). The molecule has 1 heterocycles. The highest BCUT2D eigenvalue weighted by atomic mass is 32.2. The Labute approximate surface area is 217 Å². The van der Waals surface area contributed by atoms with Crippen LogP contribution in [0.5, 0.6) is 11.5 Å². The number of aromatic nitrogens is 3. The van der Waals surface area contributed by atoms with Gasteiger partial charge in [0, 0.05) is 16.8 Å². The van der Waals surface area contributed by atoms with Crippen molar-refractivity contribution >= 4 is 29.9 Å². The highest BCUT2D eigenvalue weighted by molar-refractivity contribution is 7.99. The van der Waals surface area contributed by atoms with Gasteiger partial charge in [0.2, 0.25) is 0 Å². The number of thioether (sulfide) groups is 1. The first-order valence-corrected chi connectivity index (χ1v) is 12.0. The van der Waals surface area contributed by atoms with Gasteiger partial charge < -0.3 is 14.6 Å². The predicted octanol–water partition coefficient (Wildman–Crippen LogP) is 3.89. The Morgan fingerprint density at radius 1 is 0.973 bits per heavy atom. The first-order chi connectivity index (χ1) is 18.0. The third-order valence-corrected chi connectivity index (χ3v) is 6.16. The molecule has 37 heavy (non-hydrogen) atoms. The minimum Gasteiger partial charge on any atom is -0.497 e. The molecule has 0 radical (unpaired) electrons. The van der Waals surface area contributed by atoms with Crippen LogP contribution in [-0.4, -0.2) is 57.9 Å². The highest BCUT2D eigenvalue weighted by Gasteiger charge is 2.18. The van der Waals surface area contributed by atoms with Crippen molar-refractivity contribution in [2.45, 2.75) is 5.16 Å². The molecule has 10 nitrogen and oxygen atoms in total. The van der Waals surface area contributed by atoms with Crippen molar-refractivity contribution in [1.82, 2.24) is 20.2 Å². The number of nitrogens with zero attached hydrogens (tertiary/aromatic N) is 4. The smallest absolute Gasteiger partial charge is 0.336 e. The van der Waals surface area contributed by atoms with E-state index in [0.29, 0.717) is 22.3 Å². The van der Waals surface area contributed by atoms with Gasteiger partial charge in [-0.15, -0.1) is 10.2 Å². The number of hydrazone groups is 1. The summed E-state index contributed by atoms with van der Waals surface area (Å²) in [7, 11) is 3.20. The average molecular weight is 518 g/mol. The summed E-state index contributed by atoms with van der Waals surface area (Å²) in [6.45, 7) is 0. The molecule has 0 spiro atoms. The number of nitrogens with one attached hydrogen (secondary N) is 1. The van der Waals surface area contributed by atoms with Crippen LogP contribution in [0.3, 0.4) is 0 Å². The van der Waals surface area contributed by atoms with Gasteiger partial charge >= 0.3 is 5.97 Å². The molecule has 0 aliphatic rings. The summed E-state index contributed by atoms with van der Waals surface area (Å²) < 4.78 is 12.4. The van der Waals surface area contributed by atoms with Crippen LogP contribution in [0.2, 0.25) is 0 Å². The van der Waals surface area contributed by atoms with Gasteiger partial charge in [-0.25, -0.2) is 10.2 Å². The quantitative estimate of drug-likeness (QED) is 0.184. The van der Waals surface area contributed by atoms with Crippen molar-refractivity contribution in [2.75, 3.05) is 20.0 Å².